The van der Waals surface area contributed by atoms with Crippen LogP contribution in [0.5, 0.6) is 0 Å². The van der Waals surface area contributed by atoms with Crippen LogP contribution in [0.25, 0.3) is 0 Å². The number of likely N-dealkylation sites (tertiary alicyclic amines) is 1. The summed E-state index contributed by atoms with van der Waals surface area (Å²) in [4.78, 5) is 21.6. The predicted molar refractivity (Wildman–Crippen MR) is 82.4 cm³/mol. The number of H-pyrrole nitrogens is 2. The Bertz CT molecular complexity index is 624. The Morgan fingerprint density at radius 2 is 2.18 bits per heavy atom. The van der Waals surface area contributed by atoms with E-state index in [1.54, 1.807) is 19.6 Å². The van der Waals surface area contributed by atoms with E-state index in [-0.39, 0.29) is 11.3 Å². The molecule has 7 nitrogen and oxygen atoms in total. The second-order valence-electron chi connectivity index (χ2n) is 6.15. The van der Waals surface area contributed by atoms with Gasteiger partial charge < -0.3 is 10.3 Å². The third kappa shape index (κ3) is 2.76. The average Bonchev–Trinajstić information content (AvgIpc) is 3.20. The van der Waals surface area contributed by atoms with Crippen molar-refractivity contribution in [2.75, 3.05) is 20.1 Å². The number of hydrogen-bond acceptors (Lipinski definition) is 4. The van der Waals surface area contributed by atoms with Crippen molar-refractivity contribution in [2.24, 2.45) is 0 Å². The molecule has 1 aliphatic heterocycles. The molecule has 1 fully saturated rings. The molecule has 3 N–H and O–H groups in total. The van der Waals surface area contributed by atoms with Crippen molar-refractivity contribution in [1.29, 1.82) is 0 Å². The van der Waals surface area contributed by atoms with Gasteiger partial charge in [-0.1, -0.05) is 6.92 Å². The normalized spacial score (nSPS) is 18.3. The highest BCUT2D eigenvalue weighted by Gasteiger charge is 2.36. The summed E-state index contributed by atoms with van der Waals surface area (Å²) in [5.74, 6) is -0.0788. The number of imidazole rings is 1. The molecule has 0 unspecified atom stereocenters. The van der Waals surface area contributed by atoms with E-state index >= 15 is 0 Å². The first-order valence-electron chi connectivity index (χ1n) is 7.58. The zero-order valence-corrected chi connectivity index (χ0v) is 13.0. The van der Waals surface area contributed by atoms with Gasteiger partial charge in [-0.15, -0.1) is 0 Å². The van der Waals surface area contributed by atoms with Gasteiger partial charge in [-0.3, -0.25) is 14.8 Å². The van der Waals surface area contributed by atoms with Crippen molar-refractivity contribution in [1.82, 2.24) is 30.4 Å². The molecule has 3 rings (SSSR count). The second-order valence-corrected chi connectivity index (χ2v) is 6.15. The Morgan fingerprint density at radius 1 is 1.41 bits per heavy atom. The van der Waals surface area contributed by atoms with E-state index in [0.717, 1.165) is 43.9 Å². The molecule has 3 heterocycles. The lowest BCUT2D eigenvalue weighted by molar-refractivity contribution is 0.0957. The van der Waals surface area contributed by atoms with Crippen molar-refractivity contribution >= 4 is 5.91 Å². The van der Waals surface area contributed by atoms with E-state index in [4.69, 9.17) is 0 Å². The summed E-state index contributed by atoms with van der Waals surface area (Å²) in [5.41, 5.74) is 2.71. The van der Waals surface area contributed by atoms with Gasteiger partial charge in [0, 0.05) is 30.9 Å². The molecule has 22 heavy (non-hydrogen) atoms. The van der Waals surface area contributed by atoms with Crippen LogP contribution in [-0.4, -0.2) is 51.1 Å². The molecule has 0 saturated carbocycles. The highest BCUT2D eigenvalue weighted by atomic mass is 16.1. The highest BCUT2D eigenvalue weighted by molar-refractivity contribution is 5.95. The van der Waals surface area contributed by atoms with E-state index in [0.29, 0.717) is 5.56 Å². The Kier molecular flexibility index (Phi) is 3.98. The maximum Gasteiger partial charge on any atom is 0.254 e. The number of aromatic amines is 2. The summed E-state index contributed by atoms with van der Waals surface area (Å²) in [7, 11) is 1.65. The van der Waals surface area contributed by atoms with Crippen molar-refractivity contribution < 1.29 is 4.79 Å². The van der Waals surface area contributed by atoms with E-state index in [2.05, 4.69) is 37.3 Å². The summed E-state index contributed by atoms with van der Waals surface area (Å²) in [6.45, 7) is 5.07. The van der Waals surface area contributed by atoms with Gasteiger partial charge in [0.2, 0.25) is 0 Å². The molecule has 2 aromatic heterocycles. The maximum absolute atomic E-state index is 12.0. The number of aromatic nitrogens is 4. The lowest BCUT2D eigenvalue weighted by Crippen LogP contribution is -2.41. The molecule has 1 saturated heterocycles. The zero-order chi connectivity index (χ0) is 15.6. The van der Waals surface area contributed by atoms with Gasteiger partial charge in [-0.2, -0.15) is 5.10 Å². The van der Waals surface area contributed by atoms with E-state index in [1.807, 2.05) is 6.20 Å². The van der Waals surface area contributed by atoms with Crippen LogP contribution in [-0.2, 0) is 12.0 Å². The van der Waals surface area contributed by atoms with Crippen LogP contribution in [0.15, 0.2) is 18.7 Å². The Hall–Kier alpha value is -2.15. The van der Waals surface area contributed by atoms with Crippen LogP contribution >= 0.6 is 0 Å². The lowest BCUT2D eigenvalue weighted by atomic mass is 9.76. The van der Waals surface area contributed by atoms with Gasteiger partial charge in [0.1, 0.15) is 0 Å². The highest BCUT2D eigenvalue weighted by Crippen LogP contribution is 2.35. The maximum atomic E-state index is 12.0. The number of nitrogens with one attached hydrogen (secondary N) is 3. The number of rotatable bonds is 4. The quantitative estimate of drug-likeness (QED) is 0.787. The fraction of sp³-hybridized carbons (Fsp3) is 0.533. The van der Waals surface area contributed by atoms with Gasteiger partial charge in [-0.05, 0) is 25.9 Å². The van der Waals surface area contributed by atoms with Crippen molar-refractivity contribution in [3.8, 4) is 0 Å². The lowest BCUT2D eigenvalue weighted by Gasteiger charge is -2.39. The minimum atomic E-state index is -0.0788. The molecule has 1 aliphatic rings. The summed E-state index contributed by atoms with van der Waals surface area (Å²) in [6.07, 6.45) is 7.19. The number of carbonyl (C=O) groups is 1. The van der Waals surface area contributed by atoms with Crippen molar-refractivity contribution in [3.05, 3.63) is 35.7 Å². The van der Waals surface area contributed by atoms with E-state index in [1.165, 1.54) is 0 Å². The van der Waals surface area contributed by atoms with Crippen LogP contribution in [0.3, 0.4) is 0 Å². The molecule has 1 amide bonds. The van der Waals surface area contributed by atoms with E-state index < -0.39 is 0 Å². The van der Waals surface area contributed by atoms with Crippen LogP contribution in [0.4, 0.5) is 0 Å². The topological polar surface area (TPSA) is 89.7 Å². The first-order valence-corrected chi connectivity index (χ1v) is 7.58. The first kappa shape index (κ1) is 14.8. The van der Waals surface area contributed by atoms with Gasteiger partial charge >= 0.3 is 0 Å². The molecule has 0 radical (unpaired) electrons. The van der Waals surface area contributed by atoms with Gasteiger partial charge in [0.25, 0.3) is 5.91 Å². The third-order valence-electron chi connectivity index (χ3n) is 4.62. The van der Waals surface area contributed by atoms with Gasteiger partial charge in [0.15, 0.2) is 0 Å². The molecular formula is C15H22N6O. The summed E-state index contributed by atoms with van der Waals surface area (Å²) in [5, 5.41) is 9.81. The van der Waals surface area contributed by atoms with E-state index in [9.17, 15) is 4.79 Å². The predicted octanol–water partition coefficient (Wildman–Crippen LogP) is 1.05. The molecule has 0 atom stereocenters. The van der Waals surface area contributed by atoms with Gasteiger partial charge in [0.05, 0.1) is 23.8 Å². The monoisotopic (exact) mass is 302 g/mol. The Labute approximate surface area is 129 Å². The Balaban J connectivity index is 1.69. The smallest absolute Gasteiger partial charge is 0.254 e. The van der Waals surface area contributed by atoms with Gasteiger partial charge in [-0.25, -0.2) is 4.98 Å². The summed E-state index contributed by atoms with van der Waals surface area (Å²) in [6, 6.07) is 0. The van der Waals surface area contributed by atoms with Crippen molar-refractivity contribution in [2.45, 2.75) is 31.7 Å². The fourth-order valence-electron chi connectivity index (χ4n) is 3.12. The number of amides is 1. The standard InChI is InChI=1S/C15H22N6O/c1-15(13-12(8-19-20-13)14(22)16-2)3-5-21(6-4-15)9-11-7-17-10-18-11/h7-8,10H,3-6,9H2,1-2H3,(H,16,22)(H,17,18)(H,19,20). The second kappa shape index (κ2) is 5.92. The number of carbonyl (C=O) groups excluding carboxylic acids is 1. The molecular weight excluding hydrogens is 280 g/mol. The summed E-state index contributed by atoms with van der Waals surface area (Å²) >= 11 is 0. The van der Waals surface area contributed by atoms with Crippen molar-refractivity contribution in [3.63, 3.8) is 0 Å². The molecule has 118 valence electrons. The summed E-state index contributed by atoms with van der Waals surface area (Å²) < 4.78 is 0. The zero-order valence-electron chi connectivity index (χ0n) is 13.0. The molecule has 0 aliphatic carbocycles. The Morgan fingerprint density at radius 3 is 2.82 bits per heavy atom. The molecule has 0 spiro atoms. The third-order valence-corrected chi connectivity index (χ3v) is 4.62. The van der Waals surface area contributed by atoms with Crippen LogP contribution in [0, 0.1) is 0 Å². The number of hydrogen-bond donors (Lipinski definition) is 3. The number of nitrogens with zero attached hydrogens (tertiary/aromatic N) is 3. The first-order chi connectivity index (χ1) is 10.6. The van der Waals surface area contributed by atoms with Crippen LogP contribution in [0.2, 0.25) is 0 Å². The minimum absolute atomic E-state index is 0.0389. The molecule has 0 aromatic carbocycles. The molecule has 7 heteroatoms. The average molecular weight is 302 g/mol. The minimum Gasteiger partial charge on any atom is -0.355 e. The fourth-order valence-corrected chi connectivity index (χ4v) is 3.12. The SMILES string of the molecule is CNC(=O)c1cn[nH]c1C1(C)CCN(Cc2cnc[nH]2)CC1. The molecule has 0 bridgehead atoms. The molecule has 2 aromatic rings. The number of piperidine rings is 1. The van der Waals surface area contributed by atoms with Crippen LogP contribution < -0.4 is 5.32 Å². The largest absolute Gasteiger partial charge is 0.355 e. The van der Waals surface area contributed by atoms with Crippen LogP contribution in [0.1, 0.15) is 41.5 Å².